The van der Waals surface area contributed by atoms with Crippen molar-refractivity contribution in [3.8, 4) is 33.4 Å². The molecule has 126 valence electrons. The number of benzene rings is 2. The molecular weight excluding hydrogens is 318 g/mol. The molecule has 2 aromatic carbocycles. The van der Waals surface area contributed by atoms with E-state index in [9.17, 15) is 0 Å². The summed E-state index contributed by atoms with van der Waals surface area (Å²) in [5.41, 5.74) is 13.9. The first kappa shape index (κ1) is 16.2. The Kier molecular flexibility index (Phi) is 4.54. The smallest absolute Gasteiger partial charge is 0.0346 e. The van der Waals surface area contributed by atoms with E-state index in [4.69, 9.17) is 5.73 Å². The molecule has 0 saturated carbocycles. The Morgan fingerprint density at radius 3 is 1.81 bits per heavy atom. The highest BCUT2D eigenvalue weighted by Gasteiger charge is 2.06. The first-order valence-electron chi connectivity index (χ1n) is 8.59. The van der Waals surface area contributed by atoms with Crippen molar-refractivity contribution in [1.29, 1.82) is 0 Å². The van der Waals surface area contributed by atoms with Crippen LogP contribution in [0.15, 0.2) is 91.5 Å². The van der Waals surface area contributed by atoms with Gasteiger partial charge in [0.25, 0.3) is 0 Å². The maximum Gasteiger partial charge on any atom is 0.0346 e. The summed E-state index contributed by atoms with van der Waals surface area (Å²) in [5.74, 6) is 0. The molecule has 2 N–H and O–H groups in total. The van der Waals surface area contributed by atoms with Crippen LogP contribution in [0.25, 0.3) is 33.4 Å². The first-order chi connectivity index (χ1) is 12.8. The Labute approximate surface area is 153 Å². The molecule has 0 unspecified atom stereocenters. The van der Waals surface area contributed by atoms with Gasteiger partial charge >= 0.3 is 0 Å². The van der Waals surface area contributed by atoms with Gasteiger partial charge in [-0.3, -0.25) is 9.97 Å². The van der Waals surface area contributed by atoms with Gasteiger partial charge in [-0.2, -0.15) is 0 Å². The number of nitrogens with two attached hydrogens (primary N) is 1. The van der Waals surface area contributed by atoms with Crippen LogP contribution in [0.3, 0.4) is 0 Å². The molecule has 3 nitrogen and oxygen atoms in total. The summed E-state index contributed by atoms with van der Waals surface area (Å²) in [6.07, 6.45) is 7.29. The van der Waals surface area contributed by atoms with E-state index < -0.39 is 0 Å². The van der Waals surface area contributed by atoms with E-state index in [-0.39, 0.29) is 0 Å². The fourth-order valence-corrected chi connectivity index (χ4v) is 3.08. The SMILES string of the molecule is NCc1cc(-c2ccc(-c3ccncc3)cc2)cc(-c2cccnc2)c1. The van der Waals surface area contributed by atoms with Crippen molar-refractivity contribution in [2.75, 3.05) is 0 Å². The number of pyridine rings is 2. The van der Waals surface area contributed by atoms with Crippen molar-refractivity contribution in [3.05, 3.63) is 97.1 Å². The summed E-state index contributed by atoms with van der Waals surface area (Å²) in [4.78, 5) is 8.30. The highest BCUT2D eigenvalue weighted by molar-refractivity contribution is 5.75. The predicted molar refractivity (Wildman–Crippen MR) is 106 cm³/mol. The molecule has 0 aliphatic carbocycles. The van der Waals surface area contributed by atoms with Crippen molar-refractivity contribution in [3.63, 3.8) is 0 Å². The normalized spacial score (nSPS) is 10.7. The van der Waals surface area contributed by atoms with Crippen LogP contribution in [0.1, 0.15) is 5.56 Å². The molecule has 0 fully saturated rings. The summed E-state index contributed by atoms with van der Waals surface area (Å²) in [6.45, 7) is 0.510. The number of rotatable bonds is 4. The lowest BCUT2D eigenvalue weighted by molar-refractivity contribution is 1.07. The summed E-state index contributed by atoms with van der Waals surface area (Å²) < 4.78 is 0. The number of aromatic nitrogens is 2. The van der Waals surface area contributed by atoms with Gasteiger partial charge in [0.15, 0.2) is 0 Å². The number of hydrogen-bond acceptors (Lipinski definition) is 3. The van der Waals surface area contributed by atoms with E-state index >= 15 is 0 Å². The zero-order chi connectivity index (χ0) is 17.8. The third kappa shape index (κ3) is 3.39. The standard InChI is InChI=1S/C23H19N3/c24-15-17-12-22(14-23(13-17)21-2-1-9-26-16-21)19-5-3-18(4-6-19)20-7-10-25-11-8-20/h1-14,16H,15,24H2. The van der Waals surface area contributed by atoms with E-state index in [1.54, 1.807) is 6.20 Å². The zero-order valence-electron chi connectivity index (χ0n) is 14.3. The molecular formula is C23H19N3. The van der Waals surface area contributed by atoms with Crippen molar-refractivity contribution in [2.24, 2.45) is 5.73 Å². The van der Waals surface area contributed by atoms with Crippen molar-refractivity contribution in [1.82, 2.24) is 9.97 Å². The van der Waals surface area contributed by atoms with E-state index in [0.717, 1.165) is 22.3 Å². The summed E-state index contributed by atoms with van der Waals surface area (Å²) >= 11 is 0. The van der Waals surface area contributed by atoms with E-state index in [1.165, 1.54) is 16.7 Å². The minimum atomic E-state index is 0.510. The molecule has 0 bridgehead atoms. The van der Waals surface area contributed by atoms with Crippen molar-refractivity contribution < 1.29 is 0 Å². The molecule has 4 aromatic rings. The zero-order valence-corrected chi connectivity index (χ0v) is 14.3. The molecule has 0 aliphatic rings. The lowest BCUT2D eigenvalue weighted by Crippen LogP contribution is -1.97. The first-order valence-corrected chi connectivity index (χ1v) is 8.59. The van der Waals surface area contributed by atoms with Gasteiger partial charge < -0.3 is 5.73 Å². The van der Waals surface area contributed by atoms with Crippen LogP contribution in [-0.4, -0.2) is 9.97 Å². The maximum absolute atomic E-state index is 5.92. The fourth-order valence-electron chi connectivity index (χ4n) is 3.08. The van der Waals surface area contributed by atoms with Crippen LogP contribution in [0.5, 0.6) is 0 Å². The quantitative estimate of drug-likeness (QED) is 0.574. The fraction of sp³-hybridized carbons (Fsp3) is 0.0435. The van der Waals surface area contributed by atoms with Gasteiger partial charge in [-0.05, 0) is 69.8 Å². The van der Waals surface area contributed by atoms with Gasteiger partial charge in [-0.25, -0.2) is 0 Å². The maximum atomic E-state index is 5.92. The van der Waals surface area contributed by atoms with E-state index in [2.05, 4.69) is 58.5 Å². The molecule has 4 rings (SSSR count). The summed E-state index contributed by atoms with van der Waals surface area (Å²) in [5, 5.41) is 0. The van der Waals surface area contributed by atoms with E-state index in [1.807, 2.05) is 36.8 Å². The average Bonchev–Trinajstić information content (AvgIpc) is 2.75. The number of hydrogen-bond donors (Lipinski definition) is 1. The van der Waals surface area contributed by atoms with Crippen LogP contribution in [0, 0.1) is 0 Å². The Bertz CT molecular complexity index is 995. The highest BCUT2D eigenvalue weighted by atomic mass is 14.6. The van der Waals surface area contributed by atoms with Gasteiger partial charge in [0.2, 0.25) is 0 Å². The molecule has 26 heavy (non-hydrogen) atoms. The van der Waals surface area contributed by atoms with Gasteiger partial charge in [0.05, 0.1) is 0 Å². The highest BCUT2D eigenvalue weighted by Crippen LogP contribution is 2.29. The second kappa shape index (κ2) is 7.30. The Morgan fingerprint density at radius 1 is 0.577 bits per heavy atom. The van der Waals surface area contributed by atoms with Crippen LogP contribution in [0.2, 0.25) is 0 Å². The van der Waals surface area contributed by atoms with E-state index in [0.29, 0.717) is 6.54 Å². The minimum Gasteiger partial charge on any atom is -0.326 e. The van der Waals surface area contributed by atoms with Crippen LogP contribution in [0.4, 0.5) is 0 Å². The van der Waals surface area contributed by atoms with Crippen LogP contribution in [-0.2, 0) is 6.54 Å². The van der Waals surface area contributed by atoms with Crippen LogP contribution < -0.4 is 5.73 Å². The molecule has 0 aliphatic heterocycles. The minimum absolute atomic E-state index is 0.510. The van der Waals surface area contributed by atoms with Crippen molar-refractivity contribution in [2.45, 2.75) is 6.54 Å². The molecule has 0 amide bonds. The second-order valence-electron chi connectivity index (χ2n) is 6.18. The van der Waals surface area contributed by atoms with Crippen molar-refractivity contribution >= 4 is 0 Å². The Morgan fingerprint density at radius 2 is 1.19 bits per heavy atom. The lowest BCUT2D eigenvalue weighted by atomic mass is 9.95. The van der Waals surface area contributed by atoms with Gasteiger partial charge in [0.1, 0.15) is 0 Å². The van der Waals surface area contributed by atoms with Gasteiger partial charge in [0, 0.05) is 36.9 Å². The lowest BCUT2D eigenvalue weighted by Gasteiger charge is -2.10. The molecule has 0 saturated heterocycles. The molecule has 2 aromatic heterocycles. The Hall–Kier alpha value is -3.30. The molecule has 3 heteroatoms. The van der Waals surface area contributed by atoms with Crippen LogP contribution >= 0.6 is 0 Å². The summed E-state index contributed by atoms with van der Waals surface area (Å²) in [6, 6.07) is 23.1. The second-order valence-corrected chi connectivity index (χ2v) is 6.18. The largest absolute Gasteiger partial charge is 0.326 e. The Balaban J connectivity index is 1.73. The third-order valence-electron chi connectivity index (χ3n) is 4.46. The summed E-state index contributed by atoms with van der Waals surface area (Å²) in [7, 11) is 0. The predicted octanol–water partition coefficient (Wildman–Crippen LogP) is 4.94. The topological polar surface area (TPSA) is 51.8 Å². The molecule has 0 atom stereocenters. The molecule has 0 radical (unpaired) electrons. The third-order valence-corrected chi connectivity index (χ3v) is 4.46. The number of nitrogens with zero attached hydrogens (tertiary/aromatic N) is 2. The molecule has 0 spiro atoms. The molecule has 2 heterocycles. The monoisotopic (exact) mass is 337 g/mol. The van der Waals surface area contributed by atoms with Gasteiger partial charge in [-0.15, -0.1) is 0 Å². The van der Waals surface area contributed by atoms with Gasteiger partial charge in [-0.1, -0.05) is 30.3 Å². The average molecular weight is 337 g/mol.